The first-order valence-corrected chi connectivity index (χ1v) is 5.98. The fraction of sp³-hybridized carbons (Fsp3) is 0.538. The molecule has 1 N–H and O–H groups in total. The summed E-state index contributed by atoms with van der Waals surface area (Å²) in [5.74, 6) is 0.995. The number of rotatable bonds is 3. The molecule has 2 rings (SSSR count). The van der Waals surface area contributed by atoms with E-state index in [2.05, 4.69) is 48.9 Å². The van der Waals surface area contributed by atoms with E-state index in [1.54, 1.807) is 0 Å². The molecule has 0 aromatic carbocycles. The Labute approximate surface area is 96.3 Å². The van der Waals surface area contributed by atoms with E-state index in [0.29, 0.717) is 11.8 Å². The number of H-pyrrole nitrogens is 1. The van der Waals surface area contributed by atoms with Gasteiger partial charge in [0.2, 0.25) is 0 Å². The van der Waals surface area contributed by atoms with Gasteiger partial charge in [-0.2, -0.15) is 5.10 Å². The van der Waals surface area contributed by atoms with E-state index >= 15 is 0 Å². The van der Waals surface area contributed by atoms with Crippen molar-refractivity contribution in [3.8, 4) is 0 Å². The number of hydrogen-bond acceptors (Lipinski definition) is 2. The molecule has 0 fully saturated rings. The van der Waals surface area contributed by atoms with E-state index in [0.717, 1.165) is 17.8 Å². The zero-order valence-electron chi connectivity index (χ0n) is 10.4. The van der Waals surface area contributed by atoms with Gasteiger partial charge in [0.05, 0.1) is 5.69 Å². The molecule has 1 atom stereocenters. The van der Waals surface area contributed by atoms with Crippen molar-refractivity contribution < 1.29 is 0 Å². The molecular formula is C13H19N3. The standard InChI is InChI=1S/C13H19N3/c1-5-9(4)12-6-10-11(8(2)3)7-14-13(10)16-15-12/h6-9H,5H2,1-4H3,(H,14,16). The third-order valence-electron chi connectivity index (χ3n) is 3.23. The Bertz CT molecular complexity index is 485. The predicted molar refractivity (Wildman–Crippen MR) is 66.7 cm³/mol. The fourth-order valence-corrected chi connectivity index (χ4v) is 1.88. The Kier molecular flexibility index (Phi) is 2.95. The summed E-state index contributed by atoms with van der Waals surface area (Å²) in [6.45, 7) is 8.77. The minimum absolute atomic E-state index is 0.479. The SMILES string of the molecule is CCC(C)c1cc2c(C(C)C)c[nH]c2nn1. The van der Waals surface area contributed by atoms with Gasteiger partial charge in [0.15, 0.2) is 5.65 Å². The largest absolute Gasteiger partial charge is 0.344 e. The lowest BCUT2D eigenvalue weighted by molar-refractivity contribution is 0.694. The summed E-state index contributed by atoms with van der Waals surface area (Å²) < 4.78 is 0. The lowest BCUT2D eigenvalue weighted by atomic mass is 10.0. The van der Waals surface area contributed by atoms with Crippen LogP contribution in [-0.2, 0) is 0 Å². The summed E-state index contributed by atoms with van der Waals surface area (Å²) in [4.78, 5) is 3.18. The van der Waals surface area contributed by atoms with Crippen LogP contribution >= 0.6 is 0 Å². The highest BCUT2D eigenvalue weighted by molar-refractivity contribution is 5.80. The Morgan fingerprint density at radius 1 is 1.25 bits per heavy atom. The molecule has 1 unspecified atom stereocenters. The lowest BCUT2D eigenvalue weighted by Crippen LogP contribution is -1.98. The molecule has 2 aromatic rings. The van der Waals surface area contributed by atoms with E-state index in [-0.39, 0.29) is 0 Å². The van der Waals surface area contributed by atoms with Crippen molar-refractivity contribution in [1.29, 1.82) is 0 Å². The molecule has 16 heavy (non-hydrogen) atoms. The Balaban J connectivity index is 2.54. The smallest absolute Gasteiger partial charge is 0.160 e. The van der Waals surface area contributed by atoms with Crippen LogP contribution in [0.3, 0.4) is 0 Å². The molecule has 2 aromatic heterocycles. The van der Waals surface area contributed by atoms with Crippen molar-refractivity contribution in [3.63, 3.8) is 0 Å². The van der Waals surface area contributed by atoms with Crippen LogP contribution in [0.25, 0.3) is 11.0 Å². The van der Waals surface area contributed by atoms with Crippen LogP contribution in [0, 0.1) is 0 Å². The average Bonchev–Trinajstić information content (AvgIpc) is 2.70. The van der Waals surface area contributed by atoms with Crippen molar-refractivity contribution in [2.45, 2.75) is 46.0 Å². The number of nitrogens with zero attached hydrogens (tertiary/aromatic N) is 2. The fourth-order valence-electron chi connectivity index (χ4n) is 1.88. The number of nitrogens with one attached hydrogen (secondary N) is 1. The molecule has 0 aliphatic rings. The monoisotopic (exact) mass is 217 g/mol. The Morgan fingerprint density at radius 3 is 2.62 bits per heavy atom. The van der Waals surface area contributed by atoms with Gasteiger partial charge in [0.25, 0.3) is 0 Å². The molecule has 0 spiro atoms. The van der Waals surface area contributed by atoms with Gasteiger partial charge in [0.1, 0.15) is 0 Å². The van der Waals surface area contributed by atoms with Crippen LogP contribution in [0.4, 0.5) is 0 Å². The first-order chi connectivity index (χ1) is 7.63. The normalized spacial score (nSPS) is 13.6. The molecule has 0 aliphatic carbocycles. The lowest BCUT2D eigenvalue weighted by Gasteiger charge is -2.07. The highest BCUT2D eigenvalue weighted by Gasteiger charge is 2.12. The van der Waals surface area contributed by atoms with Gasteiger partial charge in [-0.3, -0.25) is 0 Å². The summed E-state index contributed by atoms with van der Waals surface area (Å²) in [5.41, 5.74) is 3.32. The van der Waals surface area contributed by atoms with Crippen molar-refractivity contribution in [2.75, 3.05) is 0 Å². The van der Waals surface area contributed by atoms with Gasteiger partial charge in [0, 0.05) is 11.6 Å². The summed E-state index contributed by atoms with van der Waals surface area (Å²) in [6.07, 6.45) is 3.14. The average molecular weight is 217 g/mol. The summed E-state index contributed by atoms with van der Waals surface area (Å²) >= 11 is 0. The van der Waals surface area contributed by atoms with Crippen LogP contribution < -0.4 is 0 Å². The predicted octanol–water partition coefficient (Wildman–Crippen LogP) is 3.59. The highest BCUT2D eigenvalue weighted by Crippen LogP contribution is 2.26. The topological polar surface area (TPSA) is 41.6 Å². The molecule has 3 heteroatoms. The van der Waals surface area contributed by atoms with Crippen LogP contribution in [0.2, 0.25) is 0 Å². The summed E-state index contributed by atoms with van der Waals surface area (Å²) in [7, 11) is 0. The van der Waals surface area contributed by atoms with Crippen molar-refractivity contribution in [3.05, 3.63) is 23.5 Å². The molecule has 2 heterocycles. The summed E-state index contributed by atoms with van der Waals surface area (Å²) in [6, 6.07) is 2.18. The van der Waals surface area contributed by atoms with Crippen LogP contribution in [0.5, 0.6) is 0 Å². The minimum Gasteiger partial charge on any atom is -0.344 e. The second-order valence-electron chi connectivity index (χ2n) is 4.74. The highest BCUT2D eigenvalue weighted by atomic mass is 15.1. The maximum atomic E-state index is 4.27. The quantitative estimate of drug-likeness (QED) is 0.853. The van der Waals surface area contributed by atoms with Gasteiger partial charge in [-0.1, -0.05) is 27.7 Å². The third-order valence-corrected chi connectivity index (χ3v) is 3.23. The number of hydrogen-bond donors (Lipinski definition) is 1. The van der Waals surface area contributed by atoms with Crippen molar-refractivity contribution in [2.24, 2.45) is 0 Å². The second-order valence-corrected chi connectivity index (χ2v) is 4.74. The van der Waals surface area contributed by atoms with Crippen LogP contribution in [0.1, 0.15) is 57.2 Å². The van der Waals surface area contributed by atoms with Crippen LogP contribution in [0.15, 0.2) is 12.3 Å². The van der Waals surface area contributed by atoms with Crippen LogP contribution in [-0.4, -0.2) is 15.2 Å². The first-order valence-electron chi connectivity index (χ1n) is 5.98. The van der Waals surface area contributed by atoms with E-state index < -0.39 is 0 Å². The van der Waals surface area contributed by atoms with E-state index in [1.807, 2.05) is 6.20 Å². The van der Waals surface area contributed by atoms with Gasteiger partial charge in [-0.15, -0.1) is 5.10 Å². The molecule has 0 saturated carbocycles. The Morgan fingerprint density at radius 2 is 2.00 bits per heavy atom. The molecule has 0 bridgehead atoms. The molecule has 0 saturated heterocycles. The van der Waals surface area contributed by atoms with Gasteiger partial charge in [-0.05, 0) is 29.9 Å². The number of aromatic amines is 1. The van der Waals surface area contributed by atoms with Crippen molar-refractivity contribution in [1.82, 2.24) is 15.2 Å². The van der Waals surface area contributed by atoms with E-state index in [1.165, 1.54) is 10.9 Å². The maximum Gasteiger partial charge on any atom is 0.160 e. The van der Waals surface area contributed by atoms with Gasteiger partial charge >= 0.3 is 0 Å². The Hall–Kier alpha value is -1.38. The molecule has 0 amide bonds. The van der Waals surface area contributed by atoms with E-state index in [4.69, 9.17) is 0 Å². The summed E-state index contributed by atoms with van der Waals surface area (Å²) in [5, 5.41) is 9.74. The second kappa shape index (κ2) is 4.24. The van der Waals surface area contributed by atoms with Gasteiger partial charge in [-0.25, -0.2) is 0 Å². The van der Waals surface area contributed by atoms with Gasteiger partial charge < -0.3 is 4.98 Å². The molecule has 3 nitrogen and oxygen atoms in total. The minimum atomic E-state index is 0.479. The third kappa shape index (κ3) is 1.82. The maximum absolute atomic E-state index is 4.27. The number of aromatic nitrogens is 3. The molecule has 0 radical (unpaired) electrons. The molecule has 86 valence electrons. The zero-order chi connectivity index (χ0) is 11.7. The van der Waals surface area contributed by atoms with Crippen molar-refractivity contribution >= 4 is 11.0 Å². The first kappa shape index (κ1) is 11.1. The molecule has 0 aliphatic heterocycles. The molecular weight excluding hydrogens is 198 g/mol. The van der Waals surface area contributed by atoms with E-state index in [9.17, 15) is 0 Å². The zero-order valence-corrected chi connectivity index (χ0v) is 10.4. The number of fused-ring (bicyclic) bond motifs is 1.